The van der Waals surface area contributed by atoms with Crippen LogP contribution in [0.5, 0.6) is 0 Å². The number of aryl methyl sites for hydroxylation is 1. The molecule has 3 rings (SSSR count). The molecule has 0 radical (unpaired) electrons. The maximum absolute atomic E-state index is 12.4. The Balaban J connectivity index is 1.72. The zero-order valence-electron chi connectivity index (χ0n) is 15.8. The number of halogens is 3. The van der Waals surface area contributed by atoms with E-state index in [9.17, 15) is 22.8 Å². The number of ether oxygens (including phenoxy) is 1. The van der Waals surface area contributed by atoms with Crippen LogP contribution in [0.25, 0.3) is 22.8 Å². The van der Waals surface area contributed by atoms with E-state index in [4.69, 9.17) is 9.15 Å². The van der Waals surface area contributed by atoms with Crippen LogP contribution in [0.1, 0.15) is 15.9 Å². The summed E-state index contributed by atoms with van der Waals surface area (Å²) in [4.78, 5) is 28.0. The van der Waals surface area contributed by atoms with Crippen LogP contribution in [0.15, 0.2) is 59.1 Å². The highest BCUT2D eigenvalue weighted by Crippen LogP contribution is 2.28. The van der Waals surface area contributed by atoms with Gasteiger partial charge in [0.15, 0.2) is 12.4 Å². The first-order chi connectivity index (χ1) is 14.2. The van der Waals surface area contributed by atoms with E-state index in [0.29, 0.717) is 11.3 Å². The first-order valence-electron chi connectivity index (χ1n) is 8.86. The summed E-state index contributed by atoms with van der Waals surface area (Å²) >= 11 is 0. The van der Waals surface area contributed by atoms with Gasteiger partial charge in [-0.15, -0.1) is 0 Å². The number of nitrogens with zero attached hydrogens (tertiary/aromatic N) is 1. The molecule has 0 spiro atoms. The number of rotatable bonds is 6. The zero-order chi connectivity index (χ0) is 21.7. The second-order valence-corrected chi connectivity index (χ2v) is 6.41. The van der Waals surface area contributed by atoms with Crippen molar-refractivity contribution in [3.63, 3.8) is 0 Å². The topological polar surface area (TPSA) is 81.4 Å². The highest BCUT2D eigenvalue weighted by atomic mass is 19.4. The lowest BCUT2D eigenvalue weighted by atomic mass is 10.1. The highest BCUT2D eigenvalue weighted by molar-refractivity contribution is 5.97. The molecule has 0 unspecified atom stereocenters. The van der Waals surface area contributed by atoms with Gasteiger partial charge in [0.25, 0.3) is 5.91 Å². The minimum atomic E-state index is -4.55. The van der Waals surface area contributed by atoms with E-state index in [1.54, 1.807) is 23.5 Å². The van der Waals surface area contributed by atoms with Crippen molar-refractivity contribution in [2.24, 2.45) is 0 Å². The normalized spacial score (nSPS) is 11.2. The predicted octanol–water partition coefficient (Wildman–Crippen LogP) is 4.15. The number of carbonyl (C=O) groups excluding carboxylic acids is 2. The lowest BCUT2D eigenvalue weighted by Crippen LogP contribution is -2.36. The van der Waals surface area contributed by atoms with E-state index in [0.717, 1.165) is 11.1 Å². The van der Waals surface area contributed by atoms with Crippen molar-refractivity contribution in [2.45, 2.75) is 13.1 Å². The summed E-state index contributed by atoms with van der Waals surface area (Å²) in [6.45, 7) is -0.387. The predicted molar refractivity (Wildman–Crippen MR) is 101 cm³/mol. The molecular weight excluding hydrogens is 401 g/mol. The van der Waals surface area contributed by atoms with Gasteiger partial charge in [0.1, 0.15) is 6.54 Å². The van der Waals surface area contributed by atoms with Crippen LogP contribution >= 0.6 is 0 Å². The maximum Gasteiger partial charge on any atom is 0.405 e. The number of nitrogens with one attached hydrogen (secondary N) is 1. The molecule has 9 heteroatoms. The van der Waals surface area contributed by atoms with Crippen LogP contribution < -0.4 is 5.32 Å². The van der Waals surface area contributed by atoms with Gasteiger partial charge < -0.3 is 14.5 Å². The van der Waals surface area contributed by atoms with Crippen molar-refractivity contribution in [3.05, 3.63) is 65.9 Å². The number of aromatic nitrogens is 1. The fraction of sp³-hybridized carbons (Fsp3) is 0.190. The molecule has 0 aliphatic rings. The van der Waals surface area contributed by atoms with Gasteiger partial charge in [0, 0.05) is 5.56 Å². The molecule has 1 heterocycles. The van der Waals surface area contributed by atoms with E-state index < -0.39 is 31.2 Å². The average Bonchev–Trinajstić information content (AvgIpc) is 3.20. The Hall–Kier alpha value is -3.62. The zero-order valence-corrected chi connectivity index (χ0v) is 15.8. The van der Waals surface area contributed by atoms with Crippen molar-refractivity contribution in [3.8, 4) is 22.8 Å². The van der Waals surface area contributed by atoms with Gasteiger partial charge >= 0.3 is 12.1 Å². The molecule has 2 aromatic carbocycles. The fourth-order valence-corrected chi connectivity index (χ4v) is 2.56. The number of esters is 1. The summed E-state index contributed by atoms with van der Waals surface area (Å²) in [7, 11) is 0. The first kappa shape index (κ1) is 21.1. The van der Waals surface area contributed by atoms with Gasteiger partial charge in [-0.1, -0.05) is 42.0 Å². The third-order valence-electron chi connectivity index (χ3n) is 4.04. The molecule has 6 nitrogen and oxygen atoms in total. The second-order valence-electron chi connectivity index (χ2n) is 6.41. The minimum Gasteiger partial charge on any atom is -0.452 e. The second kappa shape index (κ2) is 8.81. The van der Waals surface area contributed by atoms with Crippen molar-refractivity contribution in [2.75, 3.05) is 13.2 Å². The van der Waals surface area contributed by atoms with E-state index in [-0.39, 0.29) is 11.5 Å². The molecule has 3 aromatic rings. The molecule has 30 heavy (non-hydrogen) atoms. The SMILES string of the molecule is Cc1ccc(-c2cnc(-c3ccccc3C(=O)OCC(=O)NCC(F)(F)F)o2)cc1. The number of amides is 1. The van der Waals surface area contributed by atoms with Crippen LogP contribution in [0.3, 0.4) is 0 Å². The van der Waals surface area contributed by atoms with Crippen molar-refractivity contribution < 1.29 is 31.9 Å². The number of carbonyl (C=O) groups is 2. The highest BCUT2D eigenvalue weighted by Gasteiger charge is 2.28. The smallest absolute Gasteiger partial charge is 0.405 e. The molecule has 0 atom stereocenters. The summed E-state index contributed by atoms with van der Waals surface area (Å²) in [6.07, 6.45) is -3.03. The Morgan fingerprint density at radius 2 is 1.80 bits per heavy atom. The maximum atomic E-state index is 12.4. The molecular formula is C21H17F3N2O4. The van der Waals surface area contributed by atoms with Gasteiger partial charge in [-0.3, -0.25) is 4.79 Å². The van der Waals surface area contributed by atoms with Crippen LogP contribution in [-0.2, 0) is 9.53 Å². The summed E-state index contributed by atoms with van der Waals surface area (Å²) in [5.41, 5.74) is 2.29. The molecule has 1 N–H and O–H groups in total. The van der Waals surface area contributed by atoms with E-state index >= 15 is 0 Å². The summed E-state index contributed by atoms with van der Waals surface area (Å²) < 4.78 is 47.0. The van der Waals surface area contributed by atoms with Gasteiger partial charge in [-0.25, -0.2) is 9.78 Å². The number of benzene rings is 2. The number of oxazole rings is 1. The fourth-order valence-electron chi connectivity index (χ4n) is 2.56. The monoisotopic (exact) mass is 418 g/mol. The lowest BCUT2D eigenvalue weighted by Gasteiger charge is -2.10. The third kappa shape index (κ3) is 5.47. The van der Waals surface area contributed by atoms with Crippen LogP contribution in [0.2, 0.25) is 0 Å². The van der Waals surface area contributed by atoms with E-state index in [1.807, 2.05) is 31.2 Å². The summed E-state index contributed by atoms with van der Waals surface area (Å²) in [6, 6.07) is 13.9. The third-order valence-corrected chi connectivity index (χ3v) is 4.04. The standard InChI is InChI=1S/C21H17F3N2O4/c1-13-6-8-14(9-7-13)17-10-25-19(30-17)15-4-2-3-5-16(15)20(28)29-11-18(27)26-12-21(22,23)24/h2-10H,11-12H2,1H3,(H,26,27). The Labute approximate surface area is 169 Å². The molecule has 0 aliphatic carbocycles. The first-order valence-corrected chi connectivity index (χ1v) is 8.86. The van der Waals surface area contributed by atoms with E-state index in [2.05, 4.69) is 4.98 Å². The molecule has 0 bridgehead atoms. The van der Waals surface area contributed by atoms with Gasteiger partial charge in [0.2, 0.25) is 5.89 Å². The van der Waals surface area contributed by atoms with Gasteiger partial charge in [0.05, 0.1) is 17.3 Å². The van der Waals surface area contributed by atoms with Crippen LogP contribution in [0.4, 0.5) is 13.2 Å². The average molecular weight is 418 g/mol. The van der Waals surface area contributed by atoms with Gasteiger partial charge in [-0.2, -0.15) is 13.2 Å². The van der Waals surface area contributed by atoms with E-state index in [1.165, 1.54) is 12.3 Å². The summed E-state index contributed by atoms with van der Waals surface area (Å²) in [5, 5.41) is 1.63. The summed E-state index contributed by atoms with van der Waals surface area (Å²) in [5.74, 6) is -1.28. The molecule has 156 valence electrons. The Morgan fingerprint density at radius 1 is 1.10 bits per heavy atom. The Morgan fingerprint density at radius 3 is 2.50 bits per heavy atom. The molecule has 0 saturated carbocycles. The molecule has 1 amide bonds. The number of hydrogen-bond acceptors (Lipinski definition) is 5. The number of alkyl halides is 3. The minimum absolute atomic E-state index is 0.0680. The van der Waals surface area contributed by atoms with Crippen LogP contribution in [-0.4, -0.2) is 36.2 Å². The molecule has 1 aromatic heterocycles. The Kier molecular flexibility index (Phi) is 6.20. The van der Waals surface area contributed by atoms with Crippen molar-refractivity contribution >= 4 is 11.9 Å². The van der Waals surface area contributed by atoms with Crippen LogP contribution in [0, 0.1) is 6.92 Å². The largest absolute Gasteiger partial charge is 0.452 e. The van der Waals surface area contributed by atoms with Gasteiger partial charge in [-0.05, 0) is 19.1 Å². The Bertz CT molecular complexity index is 1040. The molecule has 0 saturated heterocycles. The quantitative estimate of drug-likeness (QED) is 0.608. The molecule has 0 fully saturated rings. The van der Waals surface area contributed by atoms with Crippen molar-refractivity contribution in [1.29, 1.82) is 0 Å². The molecule has 0 aliphatic heterocycles. The number of hydrogen-bond donors (Lipinski definition) is 1. The van der Waals surface area contributed by atoms with Crippen molar-refractivity contribution in [1.82, 2.24) is 10.3 Å². The lowest BCUT2D eigenvalue weighted by molar-refractivity contribution is -0.140.